The molecule has 0 unspecified atom stereocenters. The normalized spacial score (nSPS) is 10.1. The van der Waals surface area contributed by atoms with Crippen molar-refractivity contribution in [2.24, 2.45) is 0 Å². The number of anilines is 1. The molecule has 0 bridgehead atoms. The van der Waals surface area contributed by atoms with E-state index in [1.165, 1.54) is 13.0 Å². The predicted octanol–water partition coefficient (Wildman–Crippen LogP) is 2.48. The van der Waals surface area contributed by atoms with Gasteiger partial charge >= 0.3 is 0 Å². The summed E-state index contributed by atoms with van der Waals surface area (Å²) in [5.41, 5.74) is 5.47. The molecule has 1 rings (SSSR count). The van der Waals surface area contributed by atoms with E-state index in [-0.39, 0.29) is 32.8 Å². The molecule has 3 N–H and O–H groups in total. The van der Waals surface area contributed by atoms with Gasteiger partial charge in [-0.05, 0) is 13.0 Å². The van der Waals surface area contributed by atoms with E-state index in [9.17, 15) is 9.90 Å². The van der Waals surface area contributed by atoms with Crippen LogP contribution >= 0.6 is 23.2 Å². The number of ketones is 1. The van der Waals surface area contributed by atoms with Crippen molar-refractivity contribution in [3.63, 3.8) is 0 Å². The minimum absolute atomic E-state index is 0.0347. The van der Waals surface area contributed by atoms with Crippen LogP contribution in [0.2, 0.25) is 10.0 Å². The van der Waals surface area contributed by atoms with Crippen LogP contribution in [0, 0.1) is 0 Å². The van der Waals surface area contributed by atoms with Crippen molar-refractivity contribution in [1.29, 1.82) is 0 Å². The standard InChI is InChI=1S/C8H7Cl2NO2/c1-3(12)6-4(9)2-5(10)8(13)7(6)11/h2,13H,11H2,1H3. The second-order valence-electron chi connectivity index (χ2n) is 2.53. The average molecular weight is 220 g/mol. The van der Waals surface area contributed by atoms with Gasteiger partial charge in [-0.2, -0.15) is 0 Å². The molecule has 0 atom stereocenters. The van der Waals surface area contributed by atoms with Gasteiger partial charge in [0.05, 0.1) is 21.3 Å². The molecular formula is C8H7Cl2NO2. The maximum atomic E-state index is 11.0. The third-order valence-electron chi connectivity index (χ3n) is 1.60. The second kappa shape index (κ2) is 3.44. The Balaban J connectivity index is 3.53. The molecular weight excluding hydrogens is 213 g/mol. The van der Waals surface area contributed by atoms with E-state index >= 15 is 0 Å². The summed E-state index contributed by atoms with van der Waals surface area (Å²) in [6.45, 7) is 1.31. The number of carbonyl (C=O) groups is 1. The van der Waals surface area contributed by atoms with Crippen molar-refractivity contribution in [3.05, 3.63) is 21.7 Å². The molecule has 5 heteroatoms. The highest BCUT2D eigenvalue weighted by Gasteiger charge is 2.16. The van der Waals surface area contributed by atoms with Gasteiger partial charge < -0.3 is 10.8 Å². The first-order chi connectivity index (χ1) is 5.95. The van der Waals surface area contributed by atoms with Gasteiger partial charge in [-0.25, -0.2) is 0 Å². The van der Waals surface area contributed by atoms with Gasteiger partial charge in [0.1, 0.15) is 0 Å². The van der Waals surface area contributed by atoms with Crippen LogP contribution in [0.15, 0.2) is 6.07 Å². The molecule has 1 aromatic carbocycles. The van der Waals surface area contributed by atoms with E-state index in [1.54, 1.807) is 0 Å². The van der Waals surface area contributed by atoms with E-state index < -0.39 is 0 Å². The topological polar surface area (TPSA) is 63.3 Å². The fourth-order valence-electron chi connectivity index (χ4n) is 0.985. The number of Topliss-reactive ketones (excluding diaryl/α,β-unsaturated/α-hetero) is 1. The molecule has 0 radical (unpaired) electrons. The van der Waals surface area contributed by atoms with Crippen LogP contribution in [0.3, 0.4) is 0 Å². The number of nitrogen functional groups attached to an aromatic ring is 1. The van der Waals surface area contributed by atoms with Crippen LogP contribution in [0.5, 0.6) is 5.75 Å². The van der Waals surface area contributed by atoms with Crippen LogP contribution in [-0.2, 0) is 0 Å². The van der Waals surface area contributed by atoms with Crippen molar-refractivity contribution >= 4 is 34.7 Å². The molecule has 1 aromatic rings. The molecule has 0 aromatic heterocycles. The monoisotopic (exact) mass is 219 g/mol. The largest absolute Gasteiger partial charge is 0.504 e. The number of carbonyl (C=O) groups excluding carboxylic acids is 1. The molecule has 0 fully saturated rings. The van der Waals surface area contributed by atoms with Gasteiger partial charge in [-0.1, -0.05) is 23.2 Å². The first kappa shape index (κ1) is 10.2. The van der Waals surface area contributed by atoms with E-state index in [0.717, 1.165) is 0 Å². The zero-order chi connectivity index (χ0) is 10.2. The smallest absolute Gasteiger partial charge is 0.163 e. The summed E-state index contributed by atoms with van der Waals surface area (Å²) in [6, 6.07) is 1.28. The Morgan fingerprint density at radius 3 is 2.46 bits per heavy atom. The van der Waals surface area contributed by atoms with Crippen LogP contribution < -0.4 is 5.73 Å². The number of benzene rings is 1. The third-order valence-corrected chi connectivity index (χ3v) is 2.18. The second-order valence-corrected chi connectivity index (χ2v) is 3.35. The van der Waals surface area contributed by atoms with Crippen LogP contribution in [0.1, 0.15) is 17.3 Å². The van der Waals surface area contributed by atoms with Crippen LogP contribution in [-0.4, -0.2) is 10.9 Å². The van der Waals surface area contributed by atoms with Crippen LogP contribution in [0.4, 0.5) is 5.69 Å². The Bertz CT molecular complexity index is 377. The lowest BCUT2D eigenvalue weighted by atomic mass is 10.1. The number of hydrogen-bond donors (Lipinski definition) is 2. The summed E-state index contributed by atoms with van der Waals surface area (Å²) >= 11 is 11.3. The van der Waals surface area contributed by atoms with Crippen molar-refractivity contribution in [3.8, 4) is 5.75 Å². The summed E-state index contributed by atoms with van der Waals surface area (Å²) in [4.78, 5) is 11.0. The van der Waals surface area contributed by atoms with Gasteiger partial charge in [-0.15, -0.1) is 0 Å². The van der Waals surface area contributed by atoms with Gasteiger partial charge in [0.25, 0.3) is 0 Å². The van der Waals surface area contributed by atoms with Crippen molar-refractivity contribution in [2.45, 2.75) is 6.92 Å². The zero-order valence-corrected chi connectivity index (χ0v) is 8.28. The number of rotatable bonds is 1. The summed E-state index contributed by atoms with van der Waals surface area (Å²) in [7, 11) is 0. The summed E-state index contributed by atoms with van der Waals surface area (Å²) in [6.07, 6.45) is 0. The molecule has 0 spiro atoms. The quantitative estimate of drug-likeness (QED) is 0.434. The summed E-state index contributed by atoms with van der Waals surface area (Å²) in [5, 5.41) is 9.47. The van der Waals surface area contributed by atoms with Gasteiger partial charge in [-0.3, -0.25) is 4.79 Å². The Morgan fingerprint density at radius 1 is 1.46 bits per heavy atom. The van der Waals surface area contributed by atoms with E-state index in [0.29, 0.717) is 0 Å². The Morgan fingerprint density at radius 2 is 2.00 bits per heavy atom. The van der Waals surface area contributed by atoms with Crippen molar-refractivity contribution < 1.29 is 9.90 Å². The van der Waals surface area contributed by atoms with Crippen molar-refractivity contribution in [2.75, 3.05) is 5.73 Å². The Hall–Kier alpha value is -0.930. The fourth-order valence-corrected chi connectivity index (χ4v) is 1.60. The predicted molar refractivity (Wildman–Crippen MR) is 52.5 cm³/mol. The molecule has 0 saturated carbocycles. The average Bonchev–Trinajstić information content (AvgIpc) is 1.99. The van der Waals surface area contributed by atoms with E-state index in [4.69, 9.17) is 28.9 Å². The minimum Gasteiger partial charge on any atom is -0.504 e. The first-order valence-electron chi connectivity index (χ1n) is 3.42. The number of nitrogens with two attached hydrogens (primary N) is 1. The highest BCUT2D eigenvalue weighted by atomic mass is 35.5. The number of phenols is 1. The molecule has 0 aliphatic heterocycles. The molecule has 3 nitrogen and oxygen atoms in total. The van der Waals surface area contributed by atoms with Gasteiger partial charge in [0, 0.05) is 0 Å². The number of halogens is 2. The molecule has 0 amide bonds. The van der Waals surface area contributed by atoms with Crippen LogP contribution in [0.25, 0.3) is 0 Å². The van der Waals surface area contributed by atoms with E-state index in [2.05, 4.69) is 0 Å². The zero-order valence-electron chi connectivity index (χ0n) is 6.77. The lowest BCUT2D eigenvalue weighted by molar-refractivity contribution is 0.101. The Kier molecular flexibility index (Phi) is 2.68. The van der Waals surface area contributed by atoms with Gasteiger partial charge in [0.2, 0.25) is 0 Å². The maximum Gasteiger partial charge on any atom is 0.163 e. The lowest BCUT2D eigenvalue weighted by Crippen LogP contribution is -2.01. The number of aromatic hydroxyl groups is 1. The maximum absolute atomic E-state index is 11.0. The highest BCUT2D eigenvalue weighted by Crippen LogP contribution is 2.37. The van der Waals surface area contributed by atoms with Crippen molar-refractivity contribution in [1.82, 2.24) is 0 Å². The highest BCUT2D eigenvalue weighted by molar-refractivity contribution is 6.38. The fraction of sp³-hybridized carbons (Fsp3) is 0.125. The summed E-state index contributed by atoms with van der Waals surface area (Å²) in [5.74, 6) is -0.620. The minimum atomic E-state index is -0.311. The summed E-state index contributed by atoms with van der Waals surface area (Å²) < 4.78 is 0. The third kappa shape index (κ3) is 1.71. The molecule has 0 heterocycles. The Labute approximate surface area is 85.1 Å². The molecule has 70 valence electrons. The lowest BCUT2D eigenvalue weighted by Gasteiger charge is -2.07. The molecule has 13 heavy (non-hydrogen) atoms. The number of phenolic OH excluding ortho intramolecular Hbond substituents is 1. The SMILES string of the molecule is CC(=O)c1c(Cl)cc(Cl)c(O)c1N. The first-order valence-corrected chi connectivity index (χ1v) is 4.18. The molecule has 0 saturated heterocycles. The molecule has 0 aliphatic carbocycles. The number of hydrogen-bond acceptors (Lipinski definition) is 3. The van der Waals surface area contributed by atoms with E-state index in [1.807, 2.05) is 0 Å². The molecule has 0 aliphatic rings. The van der Waals surface area contributed by atoms with Gasteiger partial charge in [0.15, 0.2) is 11.5 Å².